The third kappa shape index (κ3) is 3.51. The molecule has 1 aliphatic rings. The minimum Gasteiger partial charge on any atom is -0.327 e. The van der Waals surface area contributed by atoms with Gasteiger partial charge in [0.15, 0.2) is 0 Å². The molecular weight excluding hydrogens is 246 g/mol. The van der Waals surface area contributed by atoms with Crippen molar-refractivity contribution in [2.45, 2.75) is 39.3 Å². The Kier molecular flexibility index (Phi) is 4.21. The molecular formula is C15H22F2N2. The molecule has 0 bridgehead atoms. The Bertz CT molecular complexity index is 415. The molecule has 2 rings (SSSR count). The van der Waals surface area contributed by atoms with Gasteiger partial charge in [0.25, 0.3) is 6.43 Å². The predicted molar refractivity (Wildman–Crippen MR) is 73.0 cm³/mol. The molecule has 1 atom stereocenters. The average molecular weight is 268 g/mol. The Labute approximate surface area is 113 Å². The first-order valence-corrected chi connectivity index (χ1v) is 6.73. The number of rotatable bonds is 3. The van der Waals surface area contributed by atoms with Crippen molar-refractivity contribution >= 4 is 0 Å². The van der Waals surface area contributed by atoms with Crippen LogP contribution in [0.3, 0.4) is 0 Å². The van der Waals surface area contributed by atoms with E-state index in [9.17, 15) is 8.78 Å². The van der Waals surface area contributed by atoms with Gasteiger partial charge in [0, 0.05) is 31.2 Å². The van der Waals surface area contributed by atoms with Crippen LogP contribution in [0.25, 0.3) is 0 Å². The molecule has 0 spiro atoms. The Morgan fingerprint density at radius 2 is 1.95 bits per heavy atom. The fourth-order valence-corrected chi connectivity index (χ4v) is 2.65. The van der Waals surface area contributed by atoms with E-state index in [1.54, 1.807) is 12.1 Å². The Morgan fingerprint density at radius 3 is 2.47 bits per heavy atom. The molecule has 1 aromatic carbocycles. The number of nitrogens with zero attached hydrogens (tertiary/aromatic N) is 1. The maximum atomic E-state index is 12.5. The molecule has 1 saturated heterocycles. The van der Waals surface area contributed by atoms with E-state index in [1.807, 2.05) is 0 Å². The molecule has 1 aliphatic heterocycles. The predicted octanol–water partition coefficient (Wildman–Crippen LogP) is 3.18. The van der Waals surface area contributed by atoms with Gasteiger partial charge in [0.1, 0.15) is 0 Å². The summed E-state index contributed by atoms with van der Waals surface area (Å²) in [5.74, 6) is 0. The monoisotopic (exact) mass is 268 g/mol. The lowest BCUT2D eigenvalue weighted by Gasteiger charge is -2.42. The summed E-state index contributed by atoms with van der Waals surface area (Å²) in [6.07, 6.45) is -1.40. The van der Waals surface area contributed by atoms with Crippen LogP contribution in [-0.4, -0.2) is 24.0 Å². The molecule has 4 heteroatoms. The van der Waals surface area contributed by atoms with Gasteiger partial charge in [-0.15, -0.1) is 0 Å². The zero-order valence-corrected chi connectivity index (χ0v) is 11.6. The number of hydrogen-bond acceptors (Lipinski definition) is 2. The van der Waals surface area contributed by atoms with Crippen LogP contribution >= 0.6 is 0 Å². The first kappa shape index (κ1) is 14.4. The highest BCUT2D eigenvalue weighted by molar-refractivity contribution is 5.23. The first-order chi connectivity index (χ1) is 8.88. The standard InChI is InChI=1S/C15H22F2N2/c1-15(2)10-19(8-7-13(15)18)9-11-3-5-12(6-4-11)14(16)17/h3-6,13-14H,7-10,18H2,1-2H3. The molecule has 0 radical (unpaired) electrons. The summed E-state index contributed by atoms with van der Waals surface area (Å²) in [7, 11) is 0. The maximum absolute atomic E-state index is 12.5. The smallest absolute Gasteiger partial charge is 0.263 e. The van der Waals surface area contributed by atoms with Gasteiger partial charge in [-0.25, -0.2) is 8.78 Å². The van der Waals surface area contributed by atoms with E-state index in [4.69, 9.17) is 5.73 Å². The number of benzene rings is 1. The second-order valence-corrected chi connectivity index (χ2v) is 6.14. The van der Waals surface area contributed by atoms with Gasteiger partial charge in [0.05, 0.1) is 0 Å². The molecule has 0 amide bonds. The lowest BCUT2D eigenvalue weighted by atomic mass is 9.79. The molecule has 0 saturated carbocycles. The van der Waals surface area contributed by atoms with E-state index in [0.29, 0.717) is 0 Å². The van der Waals surface area contributed by atoms with Crippen molar-refractivity contribution < 1.29 is 8.78 Å². The van der Waals surface area contributed by atoms with E-state index in [-0.39, 0.29) is 17.0 Å². The number of nitrogens with two attached hydrogens (primary N) is 1. The second kappa shape index (κ2) is 5.55. The van der Waals surface area contributed by atoms with Gasteiger partial charge in [-0.1, -0.05) is 38.1 Å². The zero-order chi connectivity index (χ0) is 14.0. The summed E-state index contributed by atoms with van der Waals surface area (Å²) < 4.78 is 25.0. The van der Waals surface area contributed by atoms with Crippen LogP contribution in [0.1, 0.15) is 37.8 Å². The summed E-state index contributed by atoms with van der Waals surface area (Å²) in [4.78, 5) is 2.35. The van der Waals surface area contributed by atoms with Crippen molar-refractivity contribution in [3.05, 3.63) is 35.4 Å². The van der Waals surface area contributed by atoms with Crippen LogP contribution in [-0.2, 0) is 6.54 Å². The lowest BCUT2D eigenvalue weighted by molar-refractivity contribution is 0.0898. The van der Waals surface area contributed by atoms with Gasteiger partial charge in [-0.05, 0) is 17.4 Å². The minimum absolute atomic E-state index is 0.0877. The van der Waals surface area contributed by atoms with Crippen molar-refractivity contribution in [3.63, 3.8) is 0 Å². The zero-order valence-electron chi connectivity index (χ0n) is 11.6. The van der Waals surface area contributed by atoms with Gasteiger partial charge in [-0.3, -0.25) is 4.90 Å². The van der Waals surface area contributed by atoms with Crippen LogP contribution in [0.4, 0.5) is 8.78 Å². The Hall–Kier alpha value is -1.00. The third-order valence-electron chi connectivity index (χ3n) is 4.03. The molecule has 2 nitrogen and oxygen atoms in total. The quantitative estimate of drug-likeness (QED) is 0.912. The van der Waals surface area contributed by atoms with Gasteiger partial charge in [0.2, 0.25) is 0 Å². The first-order valence-electron chi connectivity index (χ1n) is 6.73. The van der Waals surface area contributed by atoms with Gasteiger partial charge in [-0.2, -0.15) is 0 Å². The third-order valence-corrected chi connectivity index (χ3v) is 4.03. The van der Waals surface area contributed by atoms with Crippen molar-refractivity contribution in [2.75, 3.05) is 13.1 Å². The summed E-state index contributed by atoms with van der Waals surface area (Å²) >= 11 is 0. The number of likely N-dealkylation sites (tertiary alicyclic amines) is 1. The van der Waals surface area contributed by atoms with Crippen LogP contribution in [0.5, 0.6) is 0 Å². The summed E-state index contributed by atoms with van der Waals surface area (Å²) in [6.45, 7) is 7.10. The largest absolute Gasteiger partial charge is 0.327 e. The average Bonchev–Trinajstić information content (AvgIpc) is 2.34. The summed E-state index contributed by atoms with van der Waals surface area (Å²) in [5, 5.41) is 0. The van der Waals surface area contributed by atoms with E-state index < -0.39 is 6.43 Å². The number of alkyl halides is 2. The highest BCUT2D eigenvalue weighted by Crippen LogP contribution is 2.28. The summed E-state index contributed by atoms with van der Waals surface area (Å²) in [6, 6.07) is 6.86. The Balaban J connectivity index is 1.98. The van der Waals surface area contributed by atoms with Crippen molar-refractivity contribution in [2.24, 2.45) is 11.1 Å². The summed E-state index contributed by atoms with van der Waals surface area (Å²) in [5.41, 5.74) is 7.39. The SMILES string of the molecule is CC1(C)CN(Cc2ccc(C(F)F)cc2)CCC1N. The molecule has 106 valence electrons. The second-order valence-electron chi connectivity index (χ2n) is 6.14. The van der Waals surface area contributed by atoms with E-state index in [1.165, 1.54) is 12.1 Å². The van der Waals surface area contributed by atoms with Crippen molar-refractivity contribution in [1.29, 1.82) is 0 Å². The van der Waals surface area contributed by atoms with Crippen LogP contribution in [0, 0.1) is 5.41 Å². The van der Waals surface area contributed by atoms with Gasteiger partial charge >= 0.3 is 0 Å². The number of halogens is 2. The van der Waals surface area contributed by atoms with Crippen LogP contribution < -0.4 is 5.73 Å². The molecule has 0 aromatic heterocycles. The van der Waals surface area contributed by atoms with Crippen molar-refractivity contribution in [3.8, 4) is 0 Å². The molecule has 2 N–H and O–H groups in total. The van der Waals surface area contributed by atoms with E-state index in [0.717, 1.165) is 31.6 Å². The topological polar surface area (TPSA) is 29.3 Å². The molecule has 0 aliphatic carbocycles. The fourth-order valence-electron chi connectivity index (χ4n) is 2.65. The number of hydrogen-bond donors (Lipinski definition) is 1. The molecule has 19 heavy (non-hydrogen) atoms. The van der Waals surface area contributed by atoms with Crippen LogP contribution in [0.15, 0.2) is 24.3 Å². The highest BCUT2D eigenvalue weighted by Gasteiger charge is 2.33. The van der Waals surface area contributed by atoms with Crippen molar-refractivity contribution in [1.82, 2.24) is 4.90 Å². The number of piperidine rings is 1. The van der Waals surface area contributed by atoms with E-state index >= 15 is 0 Å². The molecule has 1 heterocycles. The fraction of sp³-hybridized carbons (Fsp3) is 0.600. The Morgan fingerprint density at radius 1 is 1.32 bits per heavy atom. The molecule has 1 fully saturated rings. The lowest BCUT2D eigenvalue weighted by Crippen LogP contribution is -2.52. The molecule has 1 unspecified atom stereocenters. The normalized spacial score (nSPS) is 23.8. The maximum Gasteiger partial charge on any atom is 0.263 e. The minimum atomic E-state index is -2.39. The molecule has 1 aromatic rings. The van der Waals surface area contributed by atoms with Crippen LogP contribution in [0.2, 0.25) is 0 Å². The van der Waals surface area contributed by atoms with E-state index in [2.05, 4.69) is 18.7 Å². The van der Waals surface area contributed by atoms with Gasteiger partial charge < -0.3 is 5.73 Å². The highest BCUT2D eigenvalue weighted by atomic mass is 19.3.